The monoisotopic (exact) mass is 278 g/mol. The topological polar surface area (TPSA) is 15.3 Å². The summed E-state index contributed by atoms with van der Waals surface area (Å²) in [6.07, 6.45) is 1.08. The fourth-order valence-electron chi connectivity index (χ4n) is 1.85. The van der Waals surface area contributed by atoms with Gasteiger partial charge in [-0.1, -0.05) is 18.2 Å². The van der Waals surface area contributed by atoms with Crippen LogP contribution in [-0.4, -0.2) is 31.6 Å². The highest BCUT2D eigenvalue weighted by atomic mass is 32.1. The molecule has 0 amide bonds. The summed E-state index contributed by atoms with van der Waals surface area (Å²) in [6.45, 7) is 2.68. The maximum Gasteiger partial charge on any atom is 0.146 e. The van der Waals surface area contributed by atoms with Crippen molar-refractivity contribution in [1.29, 1.82) is 0 Å². The number of nitrogens with one attached hydrogen (secondary N) is 1. The molecule has 0 saturated carbocycles. The van der Waals surface area contributed by atoms with E-state index < -0.39 is 0 Å². The zero-order valence-corrected chi connectivity index (χ0v) is 11.9. The first kappa shape index (κ1) is 14.0. The maximum atomic E-state index is 13.4. The van der Waals surface area contributed by atoms with Gasteiger partial charge in [0.05, 0.1) is 5.69 Å². The lowest BCUT2D eigenvalue weighted by atomic mass is 10.3. The number of benzene rings is 1. The number of likely N-dealkylation sites (N-methyl/N-ethyl adjacent to an activating group) is 1. The molecule has 1 aromatic carbocycles. The quantitative estimate of drug-likeness (QED) is 0.834. The van der Waals surface area contributed by atoms with Gasteiger partial charge in [0, 0.05) is 24.5 Å². The zero-order chi connectivity index (χ0) is 13.5. The zero-order valence-electron chi connectivity index (χ0n) is 11.1. The van der Waals surface area contributed by atoms with Crippen molar-refractivity contribution in [2.45, 2.75) is 6.42 Å². The van der Waals surface area contributed by atoms with Crippen LogP contribution in [0.1, 0.15) is 4.88 Å². The first-order valence-electron chi connectivity index (χ1n) is 6.45. The molecule has 0 atom stereocenters. The fourth-order valence-corrected chi connectivity index (χ4v) is 2.55. The van der Waals surface area contributed by atoms with Crippen molar-refractivity contribution in [3.8, 4) is 0 Å². The van der Waals surface area contributed by atoms with Crippen LogP contribution in [0.5, 0.6) is 0 Å². The van der Waals surface area contributed by atoms with Crippen molar-refractivity contribution in [1.82, 2.24) is 4.90 Å². The van der Waals surface area contributed by atoms with Crippen LogP contribution in [0.25, 0.3) is 0 Å². The van der Waals surface area contributed by atoms with Crippen LogP contribution in [-0.2, 0) is 6.42 Å². The second-order valence-electron chi connectivity index (χ2n) is 4.54. The predicted octanol–water partition coefficient (Wildman–Crippen LogP) is 3.47. The van der Waals surface area contributed by atoms with E-state index in [0.717, 1.165) is 26.1 Å². The molecule has 0 fully saturated rings. The maximum absolute atomic E-state index is 13.4. The second-order valence-corrected chi connectivity index (χ2v) is 5.57. The van der Waals surface area contributed by atoms with Crippen molar-refractivity contribution in [2.75, 3.05) is 32.0 Å². The number of anilines is 1. The molecule has 19 heavy (non-hydrogen) atoms. The number of para-hydroxylation sites is 1. The molecule has 1 heterocycles. The molecule has 2 rings (SSSR count). The average Bonchev–Trinajstić information content (AvgIpc) is 2.92. The molecule has 0 radical (unpaired) electrons. The van der Waals surface area contributed by atoms with Gasteiger partial charge in [0.2, 0.25) is 0 Å². The number of nitrogens with zero attached hydrogens (tertiary/aromatic N) is 1. The molecule has 0 aliphatic heterocycles. The molecule has 0 aliphatic carbocycles. The Morgan fingerprint density at radius 2 is 2.00 bits per heavy atom. The van der Waals surface area contributed by atoms with E-state index >= 15 is 0 Å². The second kappa shape index (κ2) is 7.26. The lowest BCUT2D eigenvalue weighted by Gasteiger charge is -2.17. The first-order valence-corrected chi connectivity index (χ1v) is 7.33. The van der Waals surface area contributed by atoms with E-state index in [2.05, 4.69) is 34.8 Å². The molecule has 102 valence electrons. The highest BCUT2D eigenvalue weighted by molar-refractivity contribution is 7.09. The van der Waals surface area contributed by atoms with E-state index in [4.69, 9.17) is 0 Å². The van der Waals surface area contributed by atoms with Gasteiger partial charge < -0.3 is 10.2 Å². The Morgan fingerprint density at radius 3 is 2.74 bits per heavy atom. The average molecular weight is 278 g/mol. The summed E-state index contributed by atoms with van der Waals surface area (Å²) < 4.78 is 13.4. The Hall–Kier alpha value is -1.39. The van der Waals surface area contributed by atoms with Gasteiger partial charge in [0.25, 0.3) is 0 Å². The lowest BCUT2D eigenvalue weighted by molar-refractivity contribution is 0.352. The highest BCUT2D eigenvalue weighted by Crippen LogP contribution is 2.12. The van der Waals surface area contributed by atoms with Crippen LogP contribution >= 0.6 is 11.3 Å². The van der Waals surface area contributed by atoms with Crippen LogP contribution in [0, 0.1) is 5.82 Å². The number of hydrogen-bond acceptors (Lipinski definition) is 3. The van der Waals surface area contributed by atoms with Gasteiger partial charge in [0.15, 0.2) is 0 Å². The Balaban J connectivity index is 1.66. The SMILES string of the molecule is CN(CCNc1ccccc1F)CCc1cccs1. The standard InChI is InChI=1S/C15H19FN2S/c1-18(10-8-13-5-4-12-19-13)11-9-17-15-7-3-2-6-14(15)16/h2-7,12,17H,8-11H2,1H3. The molecule has 2 nitrogen and oxygen atoms in total. The molecule has 0 bridgehead atoms. The van der Waals surface area contributed by atoms with Crippen LogP contribution in [0.15, 0.2) is 41.8 Å². The minimum Gasteiger partial charge on any atom is -0.381 e. The first-order chi connectivity index (χ1) is 9.25. The van der Waals surface area contributed by atoms with Crippen molar-refractivity contribution >= 4 is 17.0 Å². The summed E-state index contributed by atoms with van der Waals surface area (Å²) in [7, 11) is 2.09. The highest BCUT2D eigenvalue weighted by Gasteiger charge is 2.02. The number of thiophene rings is 1. The summed E-state index contributed by atoms with van der Waals surface area (Å²) in [5.74, 6) is -0.191. The summed E-state index contributed by atoms with van der Waals surface area (Å²) in [5, 5.41) is 5.23. The van der Waals surface area contributed by atoms with Crippen LogP contribution in [0.2, 0.25) is 0 Å². The van der Waals surface area contributed by atoms with Gasteiger partial charge in [-0.25, -0.2) is 4.39 Å². The summed E-state index contributed by atoms with van der Waals surface area (Å²) in [4.78, 5) is 3.67. The molecule has 1 N–H and O–H groups in total. The number of hydrogen-bond donors (Lipinski definition) is 1. The summed E-state index contributed by atoms with van der Waals surface area (Å²) in [5.41, 5.74) is 0.578. The third kappa shape index (κ3) is 4.65. The lowest BCUT2D eigenvalue weighted by Crippen LogP contribution is -2.27. The molecule has 0 saturated heterocycles. The van der Waals surface area contributed by atoms with Gasteiger partial charge in [-0.15, -0.1) is 11.3 Å². The number of rotatable bonds is 7. The fraction of sp³-hybridized carbons (Fsp3) is 0.333. The van der Waals surface area contributed by atoms with E-state index in [1.54, 1.807) is 23.5 Å². The minimum atomic E-state index is -0.191. The number of halogens is 1. The molecule has 0 spiro atoms. The van der Waals surface area contributed by atoms with E-state index in [1.807, 2.05) is 6.07 Å². The van der Waals surface area contributed by atoms with Crippen molar-refractivity contribution in [3.05, 3.63) is 52.5 Å². The van der Waals surface area contributed by atoms with E-state index in [0.29, 0.717) is 5.69 Å². The van der Waals surface area contributed by atoms with Crippen molar-refractivity contribution in [3.63, 3.8) is 0 Å². The van der Waals surface area contributed by atoms with Gasteiger partial charge >= 0.3 is 0 Å². The van der Waals surface area contributed by atoms with Gasteiger partial charge in [-0.2, -0.15) is 0 Å². The normalized spacial score (nSPS) is 10.9. The third-order valence-electron chi connectivity index (χ3n) is 3.00. The molecular formula is C15H19FN2S. The minimum absolute atomic E-state index is 0.191. The Labute approximate surface area is 117 Å². The summed E-state index contributed by atoms with van der Waals surface area (Å²) in [6, 6.07) is 11.0. The Bertz CT molecular complexity index is 485. The van der Waals surface area contributed by atoms with Crippen LogP contribution < -0.4 is 5.32 Å². The summed E-state index contributed by atoms with van der Waals surface area (Å²) >= 11 is 1.80. The van der Waals surface area contributed by atoms with Gasteiger partial charge in [-0.3, -0.25) is 0 Å². The molecule has 2 aromatic rings. The van der Waals surface area contributed by atoms with Crippen LogP contribution in [0.4, 0.5) is 10.1 Å². The van der Waals surface area contributed by atoms with Crippen molar-refractivity contribution < 1.29 is 4.39 Å². The van der Waals surface area contributed by atoms with E-state index in [9.17, 15) is 4.39 Å². The molecule has 0 unspecified atom stereocenters. The molecule has 0 aliphatic rings. The smallest absolute Gasteiger partial charge is 0.146 e. The largest absolute Gasteiger partial charge is 0.381 e. The molecule has 4 heteroatoms. The van der Waals surface area contributed by atoms with Crippen molar-refractivity contribution in [2.24, 2.45) is 0 Å². The molecular weight excluding hydrogens is 259 g/mol. The Morgan fingerprint density at radius 1 is 1.16 bits per heavy atom. The van der Waals surface area contributed by atoms with E-state index in [-0.39, 0.29) is 5.82 Å². The molecule has 1 aromatic heterocycles. The van der Waals surface area contributed by atoms with Gasteiger partial charge in [0.1, 0.15) is 5.82 Å². The van der Waals surface area contributed by atoms with E-state index in [1.165, 1.54) is 10.9 Å². The third-order valence-corrected chi connectivity index (χ3v) is 3.94. The van der Waals surface area contributed by atoms with Gasteiger partial charge in [-0.05, 0) is 37.0 Å². The van der Waals surface area contributed by atoms with Crippen LogP contribution in [0.3, 0.4) is 0 Å². The Kier molecular flexibility index (Phi) is 5.36. The predicted molar refractivity (Wildman–Crippen MR) is 80.4 cm³/mol.